The number of carbonyl (C=O) groups is 1. The highest BCUT2D eigenvalue weighted by molar-refractivity contribution is 7.89. The van der Waals surface area contributed by atoms with Crippen molar-refractivity contribution in [3.63, 3.8) is 0 Å². The van der Waals surface area contributed by atoms with Gasteiger partial charge in [-0.05, 0) is 30.5 Å². The molecule has 7 heteroatoms. The first-order valence-electron chi connectivity index (χ1n) is 7.09. The largest absolute Gasteiger partial charge is 0.383 e. The summed E-state index contributed by atoms with van der Waals surface area (Å²) in [6.07, 6.45) is 0. The molecule has 0 unspecified atom stereocenters. The van der Waals surface area contributed by atoms with Crippen LogP contribution in [0.3, 0.4) is 0 Å². The van der Waals surface area contributed by atoms with E-state index in [4.69, 9.17) is 10.5 Å². The standard InChI is InChI=1S/C15H24N2O4S/c1-11(2)10-17(7-8-21-4)22(19,20)13-6-5-12(3)14(9-13)15(16)18/h5-6,9,11H,7-8,10H2,1-4H3,(H2,16,18). The zero-order valence-electron chi connectivity index (χ0n) is 13.5. The molecule has 0 saturated heterocycles. The summed E-state index contributed by atoms with van der Waals surface area (Å²) in [6, 6.07) is 4.43. The fraction of sp³-hybridized carbons (Fsp3) is 0.533. The van der Waals surface area contributed by atoms with E-state index in [1.54, 1.807) is 13.0 Å². The summed E-state index contributed by atoms with van der Waals surface area (Å²) in [4.78, 5) is 11.5. The Morgan fingerprint density at radius 3 is 2.50 bits per heavy atom. The number of benzene rings is 1. The summed E-state index contributed by atoms with van der Waals surface area (Å²) in [5.74, 6) is -0.463. The van der Waals surface area contributed by atoms with Gasteiger partial charge in [0.15, 0.2) is 0 Å². The number of amides is 1. The van der Waals surface area contributed by atoms with E-state index in [1.165, 1.54) is 23.5 Å². The van der Waals surface area contributed by atoms with Crippen molar-refractivity contribution in [3.8, 4) is 0 Å². The topological polar surface area (TPSA) is 89.7 Å². The number of nitrogens with two attached hydrogens (primary N) is 1. The molecule has 0 fully saturated rings. The molecule has 1 aromatic carbocycles. The maximum absolute atomic E-state index is 12.8. The molecule has 0 aliphatic rings. The van der Waals surface area contributed by atoms with Gasteiger partial charge in [0.1, 0.15) is 0 Å². The second kappa shape index (κ2) is 7.71. The Labute approximate surface area is 132 Å². The molecule has 0 radical (unpaired) electrons. The highest BCUT2D eigenvalue weighted by atomic mass is 32.2. The lowest BCUT2D eigenvalue weighted by Gasteiger charge is -2.24. The van der Waals surface area contributed by atoms with Crippen LogP contribution in [0.4, 0.5) is 0 Å². The average Bonchev–Trinajstić information content (AvgIpc) is 2.42. The van der Waals surface area contributed by atoms with Crippen LogP contribution >= 0.6 is 0 Å². The highest BCUT2D eigenvalue weighted by Crippen LogP contribution is 2.20. The van der Waals surface area contributed by atoms with Gasteiger partial charge in [0, 0.05) is 25.8 Å². The molecule has 1 amide bonds. The molecule has 0 saturated carbocycles. The predicted octanol–water partition coefficient (Wildman–Crippen LogP) is 1.39. The number of hydrogen-bond acceptors (Lipinski definition) is 4. The van der Waals surface area contributed by atoms with Crippen LogP contribution in [0.15, 0.2) is 23.1 Å². The van der Waals surface area contributed by atoms with Gasteiger partial charge < -0.3 is 10.5 Å². The van der Waals surface area contributed by atoms with Crippen molar-refractivity contribution in [2.24, 2.45) is 11.7 Å². The molecule has 0 spiro atoms. The molecule has 0 bridgehead atoms. The second-order valence-corrected chi connectivity index (χ2v) is 7.53. The van der Waals surface area contributed by atoms with Crippen LogP contribution in [-0.2, 0) is 14.8 Å². The fourth-order valence-electron chi connectivity index (χ4n) is 2.09. The monoisotopic (exact) mass is 328 g/mol. The maximum Gasteiger partial charge on any atom is 0.249 e. The van der Waals surface area contributed by atoms with Crippen LogP contribution < -0.4 is 5.73 Å². The Morgan fingerprint density at radius 1 is 1.36 bits per heavy atom. The minimum atomic E-state index is -3.70. The quantitative estimate of drug-likeness (QED) is 0.781. The van der Waals surface area contributed by atoms with Crippen LogP contribution in [0.5, 0.6) is 0 Å². The molecule has 0 aromatic heterocycles. The summed E-state index contributed by atoms with van der Waals surface area (Å²) in [7, 11) is -2.17. The van der Waals surface area contributed by atoms with Crippen LogP contribution in [0.2, 0.25) is 0 Å². The molecule has 0 aliphatic heterocycles. The lowest BCUT2D eigenvalue weighted by molar-refractivity contribution is 0.0999. The SMILES string of the molecule is COCCN(CC(C)C)S(=O)(=O)c1ccc(C)c(C(N)=O)c1. The molecular formula is C15H24N2O4S. The Bertz CT molecular complexity index is 626. The summed E-state index contributed by atoms with van der Waals surface area (Å²) in [5.41, 5.74) is 6.17. The molecule has 1 aromatic rings. The van der Waals surface area contributed by atoms with Gasteiger partial charge in [0.25, 0.3) is 0 Å². The fourth-order valence-corrected chi connectivity index (χ4v) is 3.70. The van der Waals surface area contributed by atoms with E-state index >= 15 is 0 Å². The zero-order valence-corrected chi connectivity index (χ0v) is 14.3. The van der Waals surface area contributed by atoms with Gasteiger partial charge in [0.05, 0.1) is 11.5 Å². The molecule has 124 valence electrons. The smallest absolute Gasteiger partial charge is 0.249 e. The zero-order chi connectivity index (χ0) is 16.9. The minimum absolute atomic E-state index is 0.0728. The molecule has 22 heavy (non-hydrogen) atoms. The van der Waals surface area contributed by atoms with Crippen LogP contribution in [0, 0.1) is 12.8 Å². The van der Waals surface area contributed by atoms with E-state index in [0.717, 1.165) is 0 Å². The first kappa shape index (κ1) is 18.6. The van der Waals surface area contributed by atoms with Crippen molar-refractivity contribution in [2.45, 2.75) is 25.7 Å². The first-order valence-corrected chi connectivity index (χ1v) is 8.53. The van der Waals surface area contributed by atoms with Gasteiger partial charge >= 0.3 is 0 Å². The summed E-state index contributed by atoms with van der Waals surface area (Å²) >= 11 is 0. The van der Waals surface area contributed by atoms with Crippen molar-refractivity contribution < 1.29 is 17.9 Å². The van der Waals surface area contributed by atoms with Gasteiger partial charge in [-0.15, -0.1) is 0 Å². The van der Waals surface area contributed by atoms with Crippen molar-refractivity contribution in [1.82, 2.24) is 4.31 Å². The van der Waals surface area contributed by atoms with Gasteiger partial charge in [-0.25, -0.2) is 8.42 Å². The van der Waals surface area contributed by atoms with E-state index in [-0.39, 0.29) is 22.9 Å². The summed E-state index contributed by atoms with van der Waals surface area (Å²) < 4.78 is 31.9. The number of sulfonamides is 1. The van der Waals surface area contributed by atoms with Crippen LogP contribution in [0.1, 0.15) is 29.8 Å². The number of primary amides is 1. The van der Waals surface area contributed by atoms with E-state index in [9.17, 15) is 13.2 Å². The maximum atomic E-state index is 12.8. The first-order chi connectivity index (χ1) is 10.2. The predicted molar refractivity (Wildman–Crippen MR) is 85.2 cm³/mol. The minimum Gasteiger partial charge on any atom is -0.383 e. The Kier molecular flexibility index (Phi) is 6.52. The van der Waals surface area contributed by atoms with E-state index in [2.05, 4.69) is 0 Å². The number of hydrogen-bond donors (Lipinski definition) is 1. The Hall–Kier alpha value is -1.44. The van der Waals surface area contributed by atoms with Crippen molar-refractivity contribution in [2.75, 3.05) is 26.8 Å². The third-order valence-corrected chi connectivity index (χ3v) is 5.09. The number of carbonyl (C=O) groups excluding carboxylic acids is 1. The normalized spacial score (nSPS) is 12.1. The average molecular weight is 328 g/mol. The van der Waals surface area contributed by atoms with Crippen LogP contribution in [0.25, 0.3) is 0 Å². The van der Waals surface area contributed by atoms with Crippen molar-refractivity contribution >= 4 is 15.9 Å². The number of methoxy groups -OCH3 is 1. The Balaban J connectivity index is 3.24. The highest BCUT2D eigenvalue weighted by Gasteiger charge is 2.26. The number of nitrogens with zero attached hydrogens (tertiary/aromatic N) is 1. The molecule has 0 aliphatic carbocycles. The van der Waals surface area contributed by atoms with Gasteiger partial charge in [0.2, 0.25) is 15.9 Å². The van der Waals surface area contributed by atoms with Crippen LogP contribution in [-0.4, -0.2) is 45.4 Å². The van der Waals surface area contributed by atoms with E-state index < -0.39 is 15.9 Å². The molecule has 2 N–H and O–H groups in total. The van der Waals surface area contributed by atoms with E-state index in [0.29, 0.717) is 18.7 Å². The Morgan fingerprint density at radius 2 is 2.00 bits per heavy atom. The number of aryl methyl sites for hydroxylation is 1. The molecule has 0 heterocycles. The van der Waals surface area contributed by atoms with Crippen molar-refractivity contribution in [1.29, 1.82) is 0 Å². The summed E-state index contributed by atoms with van der Waals surface area (Å²) in [6.45, 7) is 6.55. The van der Waals surface area contributed by atoms with Gasteiger partial charge in [-0.2, -0.15) is 4.31 Å². The molecular weight excluding hydrogens is 304 g/mol. The number of rotatable bonds is 8. The second-order valence-electron chi connectivity index (χ2n) is 5.59. The lowest BCUT2D eigenvalue weighted by atomic mass is 10.1. The van der Waals surface area contributed by atoms with E-state index in [1.807, 2.05) is 13.8 Å². The molecule has 1 rings (SSSR count). The van der Waals surface area contributed by atoms with Gasteiger partial charge in [-0.3, -0.25) is 4.79 Å². The molecule has 6 nitrogen and oxygen atoms in total. The van der Waals surface area contributed by atoms with Gasteiger partial charge in [-0.1, -0.05) is 19.9 Å². The summed E-state index contributed by atoms with van der Waals surface area (Å²) in [5, 5.41) is 0. The molecule has 0 atom stereocenters. The third-order valence-electron chi connectivity index (χ3n) is 3.23. The van der Waals surface area contributed by atoms with Crippen molar-refractivity contribution in [3.05, 3.63) is 29.3 Å². The number of ether oxygens (including phenoxy) is 1. The third kappa shape index (κ3) is 4.53. The lowest BCUT2D eigenvalue weighted by Crippen LogP contribution is -2.36.